The molecule has 0 aliphatic heterocycles. The lowest BCUT2D eigenvalue weighted by atomic mass is 10.2. The molecule has 0 aromatic carbocycles. The first kappa shape index (κ1) is 9.75. The minimum absolute atomic E-state index is 0.579. The molecule has 1 fully saturated rings. The zero-order valence-corrected chi connectivity index (χ0v) is 7.92. The van der Waals surface area contributed by atoms with Crippen LogP contribution in [0.2, 0.25) is 0 Å². The Balaban J connectivity index is 2.02. The van der Waals surface area contributed by atoms with Crippen molar-refractivity contribution in [3.8, 4) is 0 Å². The van der Waals surface area contributed by atoms with Gasteiger partial charge in [0.1, 0.15) is 0 Å². The second-order valence-electron chi connectivity index (χ2n) is 3.49. The van der Waals surface area contributed by atoms with Crippen LogP contribution in [0, 0.1) is 5.92 Å². The number of hydrogen-bond donors (Lipinski definition) is 2. The Kier molecular flexibility index (Phi) is 4.33. The number of allylic oxidation sites excluding steroid dienone is 1. The summed E-state index contributed by atoms with van der Waals surface area (Å²) < 4.78 is 0. The molecule has 1 aliphatic carbocycles. The molecule has 0 spiro atoms. The maximum absolute atomic E-state index is 5.65. The normalized spacial score (nSPS) is 20.2. The highest BCUT2D eigenvalue weighted by Crippen LogP contribution is 2.31. The van der Waals surface area contributed by atoms with Crippen LogP contribution in [0.15, 0.2) is 12.2 Å². The Morgan fingerprint density at radius 2 is 2.33 bits per heavy atom. The zero-order chi connectivity index (χ0) is 8.81. The van der Waals surface area contributed by atoms with Crippen LogP contribution in [-0.4, -0.2) is 19.1 Å². The van der Waals surface area contributed by atoms with E-state index in [0.29, 0.717) is 6.04 Å². The molecule has 0 aromatic heterocycles. The fraction of sp³-hybridized carbons (Fsp3) is 0.800. The van der Waals surface area contributed by atoms with Crippen LogP contribution in [0.5, 0.6) is 0 Å². The Hall–Kier alpha value is -0.340. The summed E-state index contributed by atoms with van der Waals surface area (Å²) in [4.78, 5) is 0. The zero-order valence-electron chi connectivity index (χ0n) is 7.92. The van der Waals surface area contributed by atoms with Crippen molar-refractivity contribution in [1.82, 2.24) is 5.32 Å². The van der Waals surface area contributed by atoms with Crippen LogP contribution < -0.4 is 11.1 Å². The van der Waals surface area contributed by atoms with E-state index in [2.05, 4.69) is 24.4 Å². The second kappa shape index (κ2) is 5.33. The van der Waals surface area contributed by atoms with Crippen molar-refractivity contribution in [1.29, 1.82) is 0 Å². The van der Waals surface area contributed by atoms with Crippen molar-refractivity contribution in [2.24, 2.45) is 11.7 Å². The third kappa shape index (κ3) is 3.37. The molecule has 0 saturated heterocycles. The minimum atomic E-state index is 0.579. The minimum Gasteiger partial charge on any atom is -0.329 e. The smallest absolute Gasteiger partial charge is 0.0218 e. The van der Waals surface area contributed by atoms with Gasteiger partial charge in [0.2, 0.25) is 0 Å². The molecule has 2 heteroatoms. The summed E-state index contributed by atoms with van der Waals surface area (Å²) in [6, 6.07) is 0.579. The van der Waals surface area contributed by atoms with Crippen molar-refractivity contribution in [2.75, 3.05) is 13.1 Å². The lowest BCUT2D eigenvalue weighted by Crippen LogP contribution is -2.38. The first-order valence-corrected chi connectivity index (χ1v) is 4.93. The predicted octanol–water partition coefficient (Wildman–Crippen LogP) is 1.28. The molecule has 0 heterocycles. The van der Waals surface area contributed by atoms with Crippen molar-refractivity contribution in [2.45, 2.75) is 32.2 Å². The highest BCUT2D eigenvalue weighted by molar-refractivity contribution is 4.87. The van der Waals surface area contributed by atoms with Crippen LogP contribution in [0.4, 0.5) is 0 Å². The Morgan fingerprint density at radius 3 is 2.83 bits per heavy atom. The molecule has 0 aromatic rings. The van der Waals surface area contributed by atoms with E-state index in [4.69, 9.17) is 5.73 Å². The van der Waals surface area contributed by atoms with E-state index in [-0.39, 0.29) is 0 Å². The summed E-state index contributed by atoms with van der Waals surface area (Å²) in [6.07, 6.45) is 8.15. The SMILES string of the molecule is C/C=C/CCNC(CN)C1CC1. The quantitative estimate of drug-likeness (QED) is 0.463. The average molecular weight is 168 g/mol. The van der Waals surface area contributed by atoms with Crippen LogP contribution in [-0.2, 0) is 0 Å². The molecule has 70 valence electrons. The molecule has 1 rings (SSSR count). The van der Waals surface area contributed by atoms with Crippen LogP contribution in [0.3, 0.4) is 0 Å². The highest BCUT2D eigenvalue weighted by Gasteiger charge is 2.29. The Bertz CT molecular complexity index is 139. The summed E-state index contributed by atoms with van der Waals surface area (Å²) in [6.45, 7) is 3.92. The molecule has 1 unspecified atom stereocenters. The highest BCUT2D eigenvalue weighted by atomic mass is 14.9. The summed E-state index contributed by atoms with van der Waals surface area (Å²) in [5, 5.41) is 3.49. The van der Waals surface area contributed by atoms with Gasteiger partial charge in [-0.1, -0.05) is 12.2 Å². The van der Waals surface area contributed by atoms with Gasteiger partial charge in [0.25, 0.3) is 0 Å². The van der Waals surface area contributed by atoms with E-state index in [0.717, 1.165) is 25.4 Å². The van der Waals surface area contributed by atoms with E-state index in [1.807, 2.05) is 0 Å². The molecule has 0 bridgehead atoms. The predicted molar refractivity (Wildman–Crippen MR) is 53.0 cm³/mol. The maximum Gasteiger partial charge on any atom is 0.0218 e. The van der Waals surface area contributed by atoms with Crippen molar-refractivity contribution >= 4 is 0 Å². The van der Waals surface area contributed by atoms with E-state index in [1.165, 1.54) is 12.8 Å². The molecule has 2 nitrogen and oxygen atoms in total. The van der Waals surface area contributed by atoms with Crippen LogP contribution in [0.1, 0.15) is 26.2 Å². The standard InChI is InChI=1S/C10H20N2/c1-2-3-4-7-12-10(8-11)9-5-6-9/h2-3,9-10,12H,4-8,11H2,1H3/b3-2+. The van der Waals surface area contributed by atoms with Crippen molar-refractivity contribution in [3.63, 3.8) is 0 Å². The van der Waals surface area contributed by atoms with Crippen LogP contribution in [0.25, 0.3) is 0 Å². The summed E-state index contributed by atoms with van der Waals surface area (Å²) >= 11 is 0. The lowest BCUT2D eigenvalue weighted by Gasteiger charge is -2.14. The van der Waals surface area contributed by atoms with E-state index in [1.54, 1.807) is 0 Å². The average Bonchev–Trinajstić information content (AvgIpc) is 2.88. The van der Waals surface area contributed by atoms with Gasteiger partial charge in [-0.2, -0.15) is 0 Å². The number of hydrogen-bond acceptors (Lipinski definition) is 2. The Labute approximate surface area is 75.2 Å². The van der Waals surface area contributed by atoms with Crippen LogP contribution >= 0.6 is 0 Å². The molecule has 0 amide bonds. The van der Waals surface area contributed by atoms with E-state index >= 15 is 0 Å². The third-order valence-corrected chi connectivity index (χ3v) is 2.40. The van der Waals surface area contributed by atoms with Gasteiger partial charge in [0.05, 0.1) is 0 Å². The second-order valence-corrected chi connectivity index (χ2v) is 3.49. The van der Waals surface area contributed by atoms with Gasteiger partial charge >= 0.3 is 0 Å². The van der Waals surface area contributed by atoms with Gasteiger partial charge in [-0.3, -0.25) is 0 Å². The summed E-state index contributed by atoms with van der Waals surface area (Å²) in [7, 11) is 0. The molecule has 3 N–H and O–H groups in total. The van der Waals surface area contributed by atoms with Crippen molar-refractivity contribution < 1.29 is 0 Å². The van der Waals surface area contributed by atoms with Gasteiger partial charge in [-0.05, 0) is 38.6 Å². The van der Waals surface area contributed by atoms with Gasteiger partial charge in [-0.15, -0.1) is 0 Å². The maximum atomic E-state index is 5.65. The fourth-order valence-electron chi connectivity index (χ4n) is 1.46. The fourth-order valence-corrected chi connectivity index (χ4v) is 1.46. The number of nitrogens with one attached hydrogen (secondary N) is 1. The van der Waals surface area contributed by atoms with Gasteiger partial charge in [0.15, 0.2) is 0 Å². The molecule has 0 radical (unpaired) electrons. The molecule has 12 heavy (non-hydrogen) atoms. The first-order chi connectivity index (χ1) is 5.88. The third-order valence-electron chi connectivity index (χ3n) is 2.40. The van der Waals surface area contributed by atoms with Gasteiger partial charge in [-0.25, -0.2) is 0 Å². The molecule has 1 saturated carbocycles. The molecular weight excluding hydrogens is 148 g/mol. The largest absolute Gasteiger partial charge is 0.329 e. The number of rotatable bonds is 6. The molecular formula is C10H20N2. The topological polar surface area (TPSA) is 38.0 Å². The lowest BCUT2D eigenvalue weighted by molar-refractivity contribution is 0.475. The molecule has 1 atom stereocenters. The summed E-state index contributed by atoms with van der Waals surface area (Å²) in [5.41, 5.74) is 5.65. The number of nitrogens with two attached hydrogens (primary N) is 1. The summed E-state index contributed by atoms with van der Waals surface area (Å²) in [5.74, 6) is 0.876. The first-order valence-electron chi connectivity index (χ1n) is 4.93. The van der Waals surface area contributed by atoms with E-state index < -0.39 is 0 Å². The Morgan fingerprint density at radius 1 is 1.58 bits per heavy atom. The van der Waals surface area contributed by atoms with Gasteiger partial charge in [0, 0.05) is 12.6 Å². The van der Waals surface area contributed by atoms with Gasteiger partial charge < -0.3 is 11.1 Å². The van der Waals surface area contributed by atoms with Crippen molar-refractivity contribution in [3.05, 3.63) is 12.2 Å². The molecule has 1 aliphatic rings. The van der Waals surface area contributed by atoms with E-state index in [9.17, 15) is 0 Å². The monoisotopic (exact) mass is 168 g/mol.